The summed E-state index contributed by atoms with van der Waals surface area (Å²) < 4.78 is 17.6. The maximum absolute atomic E-state index is 15.7. The van der Waals surface area contributed by atoms with E-state index in [1.165, 1.54) is 42.0 Å². The average Bonchev–Trinajstić information content (AvgIpc) is 3.20. The minimum atomic E-state index is -0.377. The number of piperidine rings is 1. The van der Waals surface area contributed by atoms with Crippen LogP contribution in [-0.2, 0) is 13.5 Å². The Morgan fingerprint density at radius 1 is 1.18 bits per heavy atom. The fourth-order valence-corrected chi connectivity index (χ4v) is 7.88. The van der Waals surface area contributed by atoms with Crippen molar-refractivity contribution in [2.75, 3.05) is 6.54 Å². The summed E-state index contributed by atoms with van der Waals surface area (Å²) in [6, 6.07) is 7.77. The number of amides is 1. The molecule has 2 aromatic heterocycles. The second-order valence-corrected chi connectivity index (χ2v) is 12.7. The highest BCUT2D eigenvalue weighted by Gasteiger charge is 2.41. The number of hydrogen-bond donors (Lipinski definition) is 1. The first-order valence-corrected chi connectivity index (χ1v) is 14.8. The monoisotopic (exact) mass is 542 g/mol. The predicted octanol–water partition coefficient (Wildman–Crippen LogP) is 7.37. The molecule has 2 bridgehead atoms. The highest BCUT2D eigenvalue weighted by atomic mass is 35.5. The van der Waals surface area contributed by atoms with Crippen LogP contribution in [0.4, 0.5) is 4.39 Å². The Bertz CT molecular complexity index is 1700. The number of imidazole rings is 1. The Kier molecular flexibility index (Phi) is 5.29. The first kappa shape index (κ1) is 23.7. The number of allylic oxidation sites excluding steroid dienone is 1. The van der Waals surface area contributed by atoms with Crippen molar-refractivity contribution in [1.82, 2.24) is 19.4 Å². The van der Waals surface area contributed by atoms with Crippen LogP contribution in [0, 0.1) is 23.6 Å². The molecule has 4 aromatic rings. The molecule has 0 spiro atoms. The number of fused-ring (bicyclic) bond motifs is 6. The van der Waals surface area contributed by atoms with E-state index in [1.807, 2.05) is 28.8 Å². The van der Waals surface area contributed by atoms with Crippen LogP contribution >= 0.6 is 11.6 Å². The van der Waals surface area contributed by atoms with Crippen LogP contribution in [0.25, 0.3) is 33.6 Å². The van der Waals surface area contributed by atoms with Gasteiger partial charge in [-0.25, -0.2) is 9.37 Å². The van der Waals surface area contributed by atoms with E-state index in [0.717, 1.165) is 66.3 Å². The van der Waals surface area contributed by atoms with Gasteiger partial charge < -0.3 is 14.5 Å². The van der Waals surface area contributed by atoms with Gasteiger partial charge in [-0.1, -0.05) is 36.6 Å². The van der Waals surface area contributed by atoms with Crippen LogP contribution in [0.3, 0.4) is 0 Å². The van der Waals surface area contributed by atoms with Gasteiger partial charge in [-0.15, -0.1) is 0 Å². The number of H-pyrrole nitrogens is 1. The van der Waals surface area contributed by atoms with Gasteiger partial charge >= 0.3 is 0 Å². The Hall–Kier alpha value is -3.12. The molecular weight excluding hydrogens is 511 g/mol. The second kappa shape index (κ2) is 8.69. The number of carbonyl (C=O) groups excluding carboxylic acids is 1. The maximum atomic E-state index is 15.7. The molecule has 3 fully saturated rings. The van der Waals surface area contributed by atoms with Crippen molar-refractivity contribution >= 4 is 51.1 Å². The Morgan fingerprint density at radius 2 is 2.05 bits per heavy atom. The standard InChI is InChI=1S/C32H32ClFN4O/c1-37-30-27(34)13-21(32(39)38-16-18-4-7-22(38)11-18)14-28(30)36-31(37)25-12-20-6-9-24-26(33)15-35-29(24)23(20)8-5-19(25)10-17-2-3-17/h6,9,12-15,17-19,22,35H,2-5,7-8,10-11,16H2,1H3/t18-,19?,22+/m0/s1. The molecule has 1 amide bonds. The van der Waals surface area contributed by atoms with Crippen LogP contribution in [0.1, 0.15) is 72.3 Å². The fourth-order valence-electron chi connectivity index (χ4n) is 7.67. The van der Waals surface area contributed by atoms with Crippen molar-refractivity contribution < 1.29 is 9.18 Å². The van der Waals surface area contributed by atoms with Crippen LogP contribution < -0.4 is 0 Å². The lowest BCUT2D eigenvalue weighted by Crippen LogP contribution is -2.37. The topological polar surface area (TPSA) is 53.9 Å². The molecule has 4 aliphatic rings. The summed E-state index contributed by atoms with van der Waals surface area (Å²) in [4.78, 5) is 23.8. The molecular formula is C32H32ClFN4O. The number of halogens is 2. The number of benzene rings is 2. The molecule has 7 heteroatoms. The number of rotatable bonds is 4. The molecule has 1 unspecified atom stereocenters. The van der Waals surface area contributed by atoms with Gasteiger partial charge in [-0.05, 0) is 91.2 Å². The lowest BCUT2D eigenvalue weighted by Gasteiger charge is -2.27. The normalized spacial score (nSPS) is 24.4. The van der Waals surface area contributed by atoms with Gasteiger partial charge in [0.1, 0.15) is 17.2 Å². The van der Waals surface area contributed by atoms with E-state index in [1.54, 1.807) is 0 Å². The van der Waals surface area contributed by atoms with Crippen molar-refractivity contribution in [3.63, 3.8) is 0 Å². The molecule has 3 atom stereocenters. The summed E-state index contributed by atoms with van der Waals surface area (Å²) in [5, 5.41) is 1.80. The van der Waals surface area contributed by atoms with Crippen LogP contribution in [0.15, 0.2) is 30.5 Å². The maximum Gasteiger partial charge on any atom is 0.254 e. The predicted molar refractivity (Wildman–Crippen MR) is 153 cm³/mol. The van der Waals surface area contributed by atoms with E-state index in [0.29, 0.717) is 34.5 Å². The molecule has 3 aliphatic carbocycles. The van der Waals surface area contributed by atoms with Crippen molar-refractivity contribution in [2.45, 2.75) is 57.4 Å². The quantitative estimate of drug-likeness (QED) is 0.292. The first-order valence-electron chi connectivity index (χ1n) is 14.4. The summed E-state index contributed by atoms with van der Waals surface area (Å²) in [5.41, 5.74) is 6.16. The minimum Gasteiger partial charge on any atom is -0.359 e. The molecule has 39 heavy (non-hydrogen) atoms. The molecule has 1 N–H and O–H groups in total. The van der Waals surface area contributed by atoms with E-state index < -0.39 is 0 Å². The summed E-state index contributed by atoms with van der Waals surface area (Å²) in [6.45, 7) is 0.797. The third-order valence-electron chi connectivity index (χ3n) is 9.86. The molecule has 0 radical (unpaired) electrons. The molecule has 2 saturated carbocycles. The van der Waals surface area contributed by atoms with Gasteiger partial charge in [0.2, 0.25) is 0 Å². The summed E-state index contributed by atoms with van der Waals surface area (Å²) in [6.07, 6.45) is 13.2. The van der Waals surface area contributed by atoms with Crippen molar-refractivity contribution in [1.29, 1.82) is 0 Å². The highest BCUT2D eigenvalue weighted by molar-refractivity contribution is 6.35. The average molecular weight is 543 g/mol. The zero-order valence-electron chi connectivity index (χ0n) is 22.1. The number of aromatic nitrogens is 3. The van der Waals surface area contributed by atoms with E-state index >= 15 is 4.39 Å². The van der Waals surface area contributed by atoms with Gasteiger partial charge in [0.05, 0.1) is 16.1 Å². The van der Waals surface area contributed by atoms with Crippen molar-refractivity contribution in [3.8, 4) is 0 Å². The lowest BCUT2D eigenvalue weighted by atomic mass is 9.89. The van der Waals surface area contributed by atoms with E-state index in [4.69, 9.17) is 16.6 Å². The number of carbonyl (C=O) groups is 1. The molecule has 8 rings (SSSR count). The second-order valence-electron chi connectivity index (χ2n) is 12.3. The third-order valence-corrected chi connectivity index (χ3v) is 10.2. The molecule has 2 aromatic carbocycles. The minimum absolute atomic E-state index is 0.0574. The number of nitrogens with one attached hydrogen (secondary N) is 1. The Balaban J connectivity index is 1.24. The molecule has 200 valence electrons. The largest absolute Gasteiger partial charge is 0.359 e. The van der Waals surface area contributed by atoms with Crippen molar-refractivity contribution in [3.05, 3.63) is 63.8 Å². The van der Waals surface area contributed by atoms with E-state index in [-0.39, 0.29) is 11.7 Å². The number of hydrogen-bond acceptors (Lipinski definition) is 2. The van der Waals surface area contributed by atoms with Gasteiger partial charge in [0.25, 0.3) is 5.91 Å². The molecule has 3 heterocycles. The Labute approximate surface area is 232 Å². The number of aryl methyl sites for hydroxylation is 2. The lowest BCUT2D eigenvalue weighted by molar-refractivity contribution is 0.0703. The van der Waals surface area contributed by atoms with Gasteiger partial charge in [0.15, 0.2) is 0 Å². The Morgan fingerprint density at radius 3 is 2.82 bits per heavy atom. The van der Waals surface area contributed by atoms with Gasteiger partial charge in [-0.2, -0.15) is 0 Å². The number of likely N-dealkylation sites (tertiary alicyclic amines) is 1. The smallest absolute Gasteiger partial charge is 0.254 e. The van der Waals surface area contributed by atoms with E-state index in [2.05, 4.69) is 23.2 Å². The fraction of sp³-hybridized carbons (Fsp3) is 0.438. The first-order chi connectivity index (χ1) is 18.9. The third kappa shape index (κ3) is 3.78. The van der Waals surface area contributed by atoms with Crippen LogP contribution in [-0.4, -0.2) is 37.9 Å². The summed E-state index contributed by atoms with van der Waals surface area (Å²) in [7, 11) is 1.91. The van der Waals surface area contributed by atoms with Crippen LogP contribution in [0.5, 0.6) is 0 Å². The number of nitrogens with zero attached hydrogens (tertiary/aromatic N) is 3. The molecule has 1 saturated heterocycles. The van der Waals surface area contributed by atoms with Gasteiger partial charge in [0, 0.05) is 36.8 Å². The zero-order valence-corrected chi connectivity index (χ0v) is 22.9. The SMILES string of the molecule is Cn1c(C2=Cc3ccc4c(Cl)c[nH]c4c3CCC2CC2CC2)nc2cc(C(=O)N3C[C@H]4CC[C@@H]3C4)cc(F)c21. The van der Waals surface area contributed by atoms with Crippen LogP contribution in [0.2, 0.25) is 5.02 Å². The zero-order chi connectivity index (χ0) is 26.4. The summed E-state index contributed by atoms with van der Waals surface area (Å²) in [5.74, 6) is 2.06. The highest BCUT2D eigenvalue weighted by Crippen LogP contribution is 2.45. The summed E-state index contributed by atoms with van der Waals surface area (Å²) >= 11 is 6.44. The number of aromatic amines is 1. The van der Waals surface area contributed by atoms with Gasteiger partial charge in [-0.3, -0.25) is 4.79 Å². The van der Waals surface area contributed by atoms with Crippen molar-refractivity contribution in [2.24, 2.45) is 24.8 Å². The van der Waals surface area contributed by atoms with E-state index in [9.17, 15) is 4.79 Å². The molecule has 1 aliphatic heterocycles. The molecule has 5 nitrogen and oxygen atoms in total.